The maximum atomic E-state index is 12.2. The fourth-order valence-electron chi connectivity index (χ4n) is 1.48. The zero-order chi connectivity index (χ0) is 15.4. The number of carbonyl (C=O) groups is 1. The molecule has 20 heavy (non-hydrogen) atoms. The molecular formula is C15H23F3O2. The molecule has 0 aromatic rings. The van der Waals surface area contributed by atoms with Gasteiger partial charge in [0.05, 0.1) is 12.5 Å². The van der Waals surface area contributed by atoms with E-state index in [0.717, 1.165) is 32.6 Å². The normalized spacial score (nSPS) is 14.1. The predicted molar refractivity (Wildman–Crippen MR) is 73.2 cm³/mol. The molecule has 1 atom stereocenters. The van der Waals surface area contributed by atoms with Gasteiger partial charge in [-0.25, -0.2) is 4.79 Å². The number of allylic oxidation sites excluding steroid dienone is 3. The summed E-state index contributed by atoms with van der Waals surface area (Å²) in [4.78, 5) is 11.0. The van der Waals surface area contributed by atoms with Crippen LogP contribution in [0.5, 0.6) is 0 Å². The van der Waals surface area contributed by atoms with Crippen molar-refractivity contribution in [2.75, 3.05) is 6.61 Å². The third-order valence-electron chi connectivity index (χ3n) is 2.72. The topological polar surface area (TPSA) is 26.3 Å². The standard InChI is InChI=1S/C15H23F3O2/c1-3-20-14(19)12-10-8-6-4-5-7-9-11-13(2)15(16,17)18/h9-13H,3-8H2,1-2H3. The number of alkyl halides is 3. The van der Waals surface area contributed by atoms with E-state index in [-0.39, 0.29) is 5.97 Å². The van der Waals surface area contributed by atoms with Crippen LogP contribution in [0.1, 0.15) is 46.0 Å². The van der Waals surface area contributed by atoms with Gasteiger partial charge in [0.2, 0.25) is 0 Å². The Morgan fingerprint density at radius 2 is 1.75 bits per heavy atom. The third kappa shape index (κ3) is 10.6. The molecule has 0 radical (unpaired) electrons. The minimum Gasteiger partial charge on any atom is -0.463 e. The summed E-state index contributed by atoms with van der Waals surface area (Å²) in [6, 6.07) is 0. The van der Waals surface area contributed by atoms with Crippen LogP contribution in [0.4, 0.5) is 13.2 Å². The number of esters is 1. The van der Waals surface area contributed by atoms with Crippen LogP contribution in [0.2, 0.25) is 0 Å². The Kier molecular flexibility index (Phi) is 9.86. The predicted octanol–water partition coefficient (Wildman–Crippen LogP) is 4.81. The lowest BCUT2D eigenvalue weighted by Gasteiger charge is -2.10. The van der Waals surface area contributed by atoms with Crippen LogP contribution >= 0.6 is 0 Å². The minimum atomic E-state index is -4.14. The Morgan fingerprint density at radius 1 is 1.15 bits per heavy atom. The Bertz CT molecular complexity index is 320. The van der Waals surface area contributed by atoms with E-state index in [1.54, 1.807) is 19.1 Å². The van der Waals surface area contributed by atoms with E-state index in [1.165, 1.54) is 12.2 Å². The van der Waals surface area contributed by atoms with Crippen molar-refractivity contribution < 1.29 is 22.7 Å². The molecule has 5 heteroatoms. The number of rotatable bonds is 9. The zero-order valence-corrected chi connectivity index (χ0v) is 12.1. The largest absolute Gasteiger partial charge is 0.463 e. The van der Waals surface area contributed by atoms with Gasteiger partial charge in [-0.3, -0.25) is 0 Å². The van der Waals surface area contributed by atoms with Gasteiger partial charge >= 0.3 is 12.1 Å². The highest BCUT2D eigenvalue weighted by molar-refractivity contribution is 5.81. The summed E-state index contributed by atoms with van der Waals surface area (Å²) in [7, 11) is 0. The molecule has 0 aliphatic rings. The van der Waals surface area contributed by atoms with Gasteiger partial charge < -0.3 is 4.74 Å². The van der Waals surface area contributed by atoms with Crippen LogP contribution in [-0.4, -0.2) is 18.8 Å². The van der Waals surface area contributed by atoms with E-state index in [0.29, 0.717) is 13.0 Å². The van der Waals surface area contributed by atoms with Gasteiger partial charge in [-0.1, -0.05) is 31.6 Å². The molecule has 0 amide bonds. The third-order valence-corrected chi connectivity index (χ3v) is 2.72. The molecule has 0 aliphatic carbocycles. The van der Waals surface area contributed by atoms with Crippen LogP contribution in [0.15, 0.2) is 24.3 Å². The Labute approximate surface area is 118 Å². The first-order valence-corrected chi connectivity index (χ1v) is 6.94. The number of carbonyl (C=O) groups excluding carboxylic acids is 1. The van der Waals surface area contributed by atoms with Gasteiger partial charge in [0, 0.05) is 6.08 Å². The molecular weight excluding hydrogens is 269 g/mol. The van der Waals surface area contributed by atoms with E-state index < -0.39 is 12.1 Å². The summed E-state index contributed by atoms with van der Waals surface area (Å²) in [5.74, 6) is -1.72. The summed E-state index contributed by atoms with van der Waals surface area (Å²) in [5.41, 5.74) is 0. The van der Waals surface area contributed by atoms with Crippen molar-refractivity contribution in [1.29, 1.82) is 0 Å². The van der Waals surface area contributed by atoms with E-state index in [4.69, 9.17) is 4.74 Å². The SMILES string of the molecule is CCOC(=O)C=CCCCCCC=CC(C)C(F)(F)F. The van der Waals surface area contributed by atoms with Gasteiger partial charge in [-0.15, -0.1) is 0 Å². The summed E-state index contributed by atoms with van der Waals surface area (Å²) in [5, 5.41) is 0. The van der Waals surface area contributed by atoms with Crippen molar-refractivity contribution in [2.24, 2.45) is 5.92 Å². The monoisotopic (exact) mass is 292 g/mol. The van der Waals surface area contributed by atoms with Crippen molar-refractivity contribution in [3.05, 3.63) is 24.3 Å². The van der Waals surface area contributed by atoms with Gasteiger partial charge in [-0.05, 0) is 32.6 Å². The van der Waals surface area contributed by atoms with Gasteiger partial charge in [-0.2, -0.15) is 13.2 Å². The second kappa shape index (κ2) is 10.5. The molecule has 2 nitrogen and oxygen atoms in total. The number of unbranched alkanes of at least 4 members (excludes halogenated alkanes) is 4. The summed E-state index contributed by atoms with van der Waals surface area (Å²) in [6.45, 7) is 3.27. The molecule has 0 heterocycles. The average molecular weight is 292 g/mol. The highest BCUT2D eigenvalue weighted by Crippen LogP contribution is 2.26. The smallest absolute Gasteiger partial charge is 0.394 e. The highest BCUT2D eigenvalue weighted by atomic mass is 19.4. The Balaban J connectivity index is 3.54. The molecule has 0 aromatic heterocycles. The molecule has 0 bridgehead atoms. The molecule has 0 aromatic carbocycles. The van der Waals surface area contributed by atoms with E-state index in [1.807, 2.05) is 0 Å². The Hall–Kier alpha value is -1.26. The number of ether oxygens (including phenoxy) is 1. The molecule has 0 saturated carbocycles. The van der Waals surface area contributed by atoms with E-state index in [2.05, 4.69) is 0 Å². The lowest BCUT2D eigenvalue weighted by Crippen LogP contribution is -2.17. The van der Waals surface area contributed by atoms with Gasteiger partial charge in [0.15, 0.2) is 0 Å². The molecule has 0 aliphatic heterocycles. The summed E-state index contributed by atoms with van der Waals surface area (Å²) in [6.07, 6.45) is 5.96. The van der Waals surface area contributed by atoms with Crippen LogP contribution in [-0.2, 0) is 9.53 Å². The van der Waals surface area contributed by atoms with E-state index >= 15 is 0 Å². The first kappa shape index (κ1) is 18.7. The molecule has 1 unspecified atom stereocenters. The summed E-state index contributed by atoms with van der Waals surface area (Å²) < 4.78 is 41.3. The van der Waals surface area contributed by atoms with Gasteiger partial charge in [0.25, 0.3) is 0 Å². The fourth-order valence-corrected chi connectivity index (χ4v) is 1.48. The van der Waals surface area contributed by atoms with E-state index in [9.17, 15) is 18.0 Å². The second-order valence-corrected chi connectivity index (χ2v) is 4.55. The lowest BCUT2D eigenvalue weighted by atomic mass is 10.1. The molecule has 0 saturated heterocycles. The molecule has 0 rings (SSSR count). The zero-order valence-electron chi connectivity index (χ0n) is 12.1. The van der Waals surface area contributed by atoms with Crippen LogP contribution in [0.3, 0.4) is 0 Å². The molecule has 116 valence electrons. The second-order valence-electron chi connectivity index (χ2n) is 4.55. The van der Waals surface area contributed by atoms with Crippen molar-refractivity contribution in [3.63, 3.8) is 0 Å². The first-order chi connectivity index (χ1) is 9.38. The average Bonchev–Trinajstić information content (AvgIpc) is 2.35. The molecule has 0 spiro atoms. The van der Waals surface area contributed by atoms with Crippen LogP contribution in [0.25, 0.3) is 0 Å². The van der Waals surface area contributed by atoms with Gasteiger partial charge in [0.1, 0.15) is 0 Å². The van der Waals surface area contributed by atoms with Crippen molar-refractivity contribution >= 4 is 5.97 Å². The highest BCUT2D eigenvalue weighted by Gasteiger charge is 2.33. The maximum Gasteiger partial charge on any atom is 0.394 e. The lowest BCUT2D eigenvalue weighted by molar-refractivity contribution is -0.156. The quantitative estimate of drug-likeness (QED) is 0.264. The number of hydrogen-bond acceptors (Lipinski definition) is 2. The fraction of sp³-hybridized carbons (Fsp3) is 0.667. The number of halogens is 3. The van der Waals surface area contributed by atoms with Crippen molar-refractivity contribution in [1.82, 2.24) is 0 Å². The Morgan fingerprint density at radius 3 is 2.30 bits per heavy atom. The number of hydrogen-bond donors (Lipinski definition) is 0. The first-order valence-electron chi connectivity index (χ1n) is 6.94. The van der Waals surface area contributed by atoms with Crippen LogP contribution in [0, 0.1) is 5.92 Å². The minimum absolute atomic E-state index is 0.337. The van der Waals surface area contributed by atoms with Crippen molar-refractivity contribution in [3.8, 4) is 0 Å². The van der Waals surface area contributed by atoms with Crippen LogP contribution < -0.4 is 0 Å². The molecule has 0 N–H and O–H groups in total. The van der Waals surface area contributed by atoms with Crippen molar-refractivity contribution in [2.45, 2.75) is 52.1 Å². The maximum absolute atomic E-state index is 12.2. The molecule has 0 fully saturated rings. The summed E-state index contributed by atoms with van der Waals surface area (Å²) >= 11 is 0.